The van der Waals surface area contributed by atoms with Gasteiger partial charge in [0.05, 0.1) is 11.0 Å². The summed E-state index contributed by atoms with van der Waals surface area (Å²) in [5.74, 6) is -0.202. The molecule has 1 heterocycles. The number of benzene rings is 3. The third kappa shape index (κ3) is 2.69. The van der Waals surface area contributed by atoms with Gasteiger partial charge < -0.3 is 4.98 Å². The van der Waals surface area contributed by atoms with E-state index in [4.69, 9.17) is 0 Å². The van der Waals surface area contributed by atoms with Gasteiger partial charge in [0, 0.05) is 7.05 Å². The SMILES string of the molecule is Cn1c(=O)[nH]c2cc(/C=C3\c4ccccc4CCc4cc(F)ccc43)ccc21. The van der Waals surface area contributed by atoms with Gasteiger partial charge in [-0.15, -0.1) is 0 Å². The van der Waals surface area contributed by atoms with Crippen LogP contribution in [0.4, 0.5) is 4.39 Å². The molecule has 28 heavy (non-hydrogen) atoms. The number of nitrogens with zero attached hydrogens (tertiary/aromatic N) is 1. The minimum Gasteiger partial charge on any atom is -0.306 e. The molecule has 0 amide bonds. The molecule has 0 radical (unpaired) electrons. The first-order chi connectivity index (χ1) is 13.6. The molecule has 4 aromatic rings. The Kier molecular flexibility index (Phi) is 3.79. The van der Waals surface area contributed by atoms with Gasteiger partial charge in [-0.25, -0.2) is 9.18 Å². The fraction of sp³-hybridized carbons (Fsp3) is 0.125. The summed E-state index contributed by atoms with van der Waals surface area (Å²) in [5, 5.41) is 0. The highest BCUT2D eigenvalue weighted by Crippen LogP contribution is 2.35. The largest absolute Gasteiger partial charge is 0.326 e. The maximum Gasteiger partial charge on any atom is 0.326 e. The zero-order valence-corrected chi connectivity index (χ0v) is 15.5. The van der Waals surface area contributed by atoms with Crippen molar-refractivity contribution in [3.8, 4) is 0 Å². The lowest BCUT2D eigenvalue weighted by Gasteiger charge is -2.12. The molecular formula is C24H19FN2O. The molecule has 0 bridgehead atoms. The molecule has 1 aliphatic rings. The van der Waals surface area contributed by atoms with Crippen LogP contribution in [0, 0.1) is 5.82 Å². The van der Waals surface area contributed by atoms with Crippen molar-refractivity contribution >= 4 is 22.7 Å². The minimum atomic E-state index is -0.202. The molecule has 0 spiro atoms. The number of hydrogen-bond donors (Lipinski definition) is 1. The zero-order valence-electron chi connectivity index (χ0n) is 15.5. The lowest BCUT2D eigenvalue weighted by Crippen LogP contribution is -2.11. The first-order valence-corrected chi connectivity index (χ1v) is 9.38. The first-order valence-electron chi connectivity index (χ1n) is 9.38. The number of fused-ring (bicyclic) bond motifs is 3. The van der Waals surface area contributed by atoms with Crippen molar-refractivity contribution in [1.82, 2.24) is 9.55 Å². The molecule has 1 N–H and O–H groups in total. The Morgan fingerprint density at radius 1 is 0.964 bits per heavy atom. The van der Waals surface area contributed by atoms with E-state index in [-0.39, 0.29) is 11.5 Å². The number of halogens is 1. The van der Waals surface area contributed by atoms with Crippen molar-refractivity contribution in [2.24, 2.45) is 7.05 Å². The average molecular weight is 370 g/mol. The summed E-state index contributed by atoms with van der Waals surface area (Å²) in [6.45, 7) is 0. The Morgan fingerprint density at radius 3 is 2.64 bits per heavy atom. The number of aryl methyl sites for hydroxylation is 3. The van der Waals surface area contributed by atoms with Gasteiger partial charge in [-0.1, -0.05) is 36.4 Å². The van der Waals surface area contributed by atoms with Gasteiger partial charge in [0.2, 0.25) is 0 Å². The predicted octanol–water partition coefficient (Wildman–Crippen LogP) is 4.69. The van der Waals surface area contributed by atoms with Crippen LogP contribution in [0.3, 0.4) is 0 Å². The fourth-order valence-electron chi connectivity index (χ4n) is 4.11. The number of hydrogen-bond acceptors (Lipinski definition) is 1. The van der Waals surface area contributed by atoms with Crippen molar-refractivity contribution in [2.45, 2.75) is 12.8 Å². The molecule has 0 unspecified atom stereocenters. The third-order valence-electron chi connectivity index (χ3n) is 5.57. The van der Waals surface area contributed by atoms with Crippen LogP contribution in [0.5, 0.6) is 0 Å². The Bertz CT molecular complexity index is 1310. The molecule has 4 heteroatoms. The second-order valence-electron chi connectivity index (χ2n) is 7.28. The number of imidazole rings is 1. The van der Waals surface area contributed by atoms with Gasteiger partial charge in [0.25, 0.3) is 0 Å². The van der Waals surface area contributed by atoms with Gasteiger partial charge in [-0.3, -0.25) is 4.57 Å². The van der Waals surface area contributed by atoms with Gasteiger partial charge >= 0.3 is 5.69 Å². The van der Waals surface area contributed by atoms with Crippen LogP contribution in [-0.2, 0) is 19.9 Å². The molecule has 0 saturated heterocycles. The number of H-pyrrole nitrogens is 1. The van der Waals surface area contributed by atoms with Crippen LogP contribution < -0.4 is 5.69 Å². The summed E-state index contributed by atoms with van der Waals surface area (Å²) in [7, 11) is 1.76. The van der Waals surface area contributed by atoms with E-state index in [9.17, 15) is 9.18 Å². The lowest BCUT2D eigenvalue weighted by atomic mass is 9.92. The fourth-order valence-corrected chi connectivity index (χ4v) is 4.11. The molecular weight excluding hydrogens is 351 g/mol. The summed E-state index contributed by atoms with van der Waals surface area (Å²) < 4.78 is 15.5. The zero-order chi connectivity index (χ0) is 19.3. The van der Waals surface area contributed by atoms with E-state index in [1.54, 1.807) is 17.7 Å². The third-order valence-corrected chi connectivity index (χ3v) is 5.57. The first kappa shape index (κ1) is 16.8. The minimum absolute atomic E-state index is 0.125. The quantitative estimate of drug-likeness (QED) is 0.518. The predicted molar refractivity (Wildman–Crippen MR) is 111 cm³/mol. The maximum absolute atomic E-state index is 13.9. The van der Waals surface area contributed by atoms with E-state index in [1.165, 1.54) is 17.2 Å². The van der Waals surface area contributed by atoms with Gasteiger partial charge in [0.15, 0.2) is 0 Å². The molecule has 0 atom stereocenters. The Hall–Kier alpha value is -3.40. The molecule has 138 valence electrons. The summed E-state index contributed by atoms with van der Waals surface area (Å²) in [4.78, 5) is 14.8. The van der Waals surface area contributed by atoms with Crippen LogP contribution in [0.1, 0.15) is 27.8 Å². The molecule has 3 aromatic carbocycles. The van der Waals surface area contributed by atoms with Crippen LogP contribution in [0.25, 0.3) is 22.7 Å². The van der Waals surface area contributed by atoms with E-state index in [0.717, 1.165) is 46.1 Å². The van der Waals surface area contributed by atoms with Gasteiger partial charge in [0.1, 0.15) is 5.82 Å². The molecule has 5 rings (SSSR count). The Morgan fingerprint density at radius 2 is 1.75 bits per heavy atom. The second-order valence-corrected chi connectivity index (χ2v) is 7.28. The van der Waals surface area contributed by atoms with Crippen LogP contribution >= 0.6 is 0 Å². The average Bonchev–Trinajstić information content (AvgIpc) is 2.89. The molecule has 3 nitrogen and oxygen atoms in total. The van der Waals surface area contributed by atoms with E-state index < -0.39 is 0 Å². The van der Waals surface area contributed by atoms with Crippen LogP contribution in [-0.4, -0.2) is 9.55 Å². The standard InChI is InChI=1S/C24H19FN2O/c1-27-23-11-6-15(13-22(23)26-24(27)28)12-21-19-5-3-2-4-16(19)7-8-17-14-18(25)9-10-20(17)21/h2-6,9-14H,7-8H2,1H3,(H,26,28)/b21-12+. The molecule has 0 saturated carbocycles. The van der Waals surface area contributed by atoms with Crippen molar-refractivity contribution in [3.63, 3.8) is 0 Å². The summed E-state index contributed by atoms with van der Waals surface area (Å²) in [6, 6.07) is 19.4. The summed E-state index contributed by atoms with van der Waals surface area (Å²) >= 11 is 0. The molecule has 0 fully saturated rings. The number of aromatic amines is 1. The second kappa shape index (κ2) is 6.34. The Labute approximate surface area is 161 Å². The normalized spacial score (nSPS) is 14.7. The van der Waals surface area contributed by atoms with E-state index in [0.29, 0.717) is 0 Å². The van der Waals surface area contributed by atoms with Crippen molar-refractivity contribution < 1.29 is 4.39 Å². The molecule has 0 aliphatic heterocycles. The van der Waals surface area contributed by atoms with Crippen LogP contribution in [0.2, 0.25) is 0 Å². The lowest BCUT2D eigenvalue weighted by molar-refractivity contribution is 0.625. The van der Waals surface area contributed by atoms with Crippen LogP contribution in [0.15, 0.2) is 65.5 Å². The Balaban J connectivity index is 1.75. The maximum atomic E-state index is 13.9. The molecule has 1 aliphatic carbocycles. The number of nitrogens with one attached hydrogen (secondary N) is 1. The monoisotopic (exact) mass is 370 g/mol. The van der Waals surface area contributed by atoms with Gasteiger partial charge in [-0.05, 0) is 76.6 Å². The van der Waals surface area contributed by atoms with E-state index >= 15 is 0 Å². The summed E-state index contributed by atoms with van der Waals surface area (Å²) in [6.07, 6.45) is 3.83. The highest BCUT2D eigenvalue weighted by atomic mass is 19.1. The number of aromatic nitrogens is 2. The highest BCUT2D eigenvalue weighted by molar-refractivity contribution is 5.95. The van der Waals surface area contributed by atoms with Crippen molar-refractivity contribution in [2.75, 3.05) is 0 Å². The van der Waals surface area contributed by atoms with Crippen molar-refractivity contribution in [1.29, 1.82) is 0 Å². The smallest absolute Gasteiger partial charge is 0.306 e. The molecule has 1 aromatic heterocycles. The topological polar surface area (TPSA) is 37.8 Å². The summed E-state index contributed by atoms with van der Waals surface area (Å²) in [5.41, 5.74) is 8.16. The van der Waals surface area contributed by atoms with E-state index in [1.807, 2.05) is 36.4 Å². The van der Waals surface area contributed by atoms with Gasteiger partial charge in [-0.2, -0.15) is 0 Å². The number of rotatable bonds is 1. The van der Waals surface area contributed by atoms with Crippen molar-refractivity contribution in [3.05, 3.63) is 105 Å². The highest BCUT2D eigenvalue weighted by Gasteiger charge is 2.18. The van der Waals surface area contributed by atoms with E-state index in [2.05, 4.69) is 23.2 Å².